The zero-order chi connectivity index (χ0) is 20.6. The molecule has 2 rings (SSSR count). The van der Waals surface area contributed by atoms with Crippen molar-refractivity contribution in [2.45, 2.75) is 62.7 Å². The molecule has 1 aromatic rings. The second kappa shape index (κ2) is 7.60. The summed E-state index contributed by atoms with van der Waals surface area (Å²) in [6, 6.07) is 1.17. The highest BCUT2D eigenvalue weighted by Crippen LogP contribution is 2.35. The van der Waals surface area contributed by atoms with Crippen molar-refractivity contribution in [3.05, 3.63) is 28.8 Å². The normalized spacial score (nSPS) is 19.7. The molecule has 5 nitrogen and oxygen atoms in total. The smallest absolute Gasteiger partial charge is 0.350 e. The van der Waals surface area contributed by atoms with Gasteiger partial charge in [-0.25, -0.2) is 8.42 Å². The van der Waals surface area contributed by atoms with Crippen LogP contribution in [0.15, 0.2) is 23.1 Å². The van der Waals surface area contributed by atoms with Crippen LogP contribution in [0.5, 0.6) is 0 Å². The number of rotatable bonds is 3. The van der Waals surface area contributed by atoms with E-state index in [4.69, 9.17) is 11.6 Å². The van der Waals surface area contributed by atoms with Gasteiger partial charge >= 0.3 is 6.18 Å². The maximum absolute atomic E-state index is 13.0. The molecule has 1 aliphatic heterocycles. The second-order valence-electron chi connectivity index (χ2n) is 7.51. The number of nitrogens with zero attached hydrogens (tertiary/aromatic N) is 1. The quantitative estimate of drug-likeness (QED) is 0.799. The average Bonchev–Trinajstić information content (AvgIpc) is 2.52. The number of carbonyl (C=O) groups is 1. The minimum atomic E-state index is -4.63. The van der Waals surface area contributed by atoms with Gasteiger partial charge in [0.15, 0.2) is 0 Å². The molecule has 1 heterocycles. The number of hydrogen-bond acceptors (Lipinski definition) is 3. The van der Waals surface area contributed by atoms with Gasteiger partial charge in [0.25, 0.3) is 0 Å². The van der Waals surface area contributed by atoms with Gasteiger partial charge in [-0.1, -0.05) is 18.0 Å². The molecule has 1 amide bonds. The molecule has 1 saturated heterocycles. The first-order chi connectivity index (χ1) is 12.2. The molecule has 1 fully saturated rings. The van der Waals surface area contributed by atoms with Crippen LogP contribution in [0.1, 0.15) is 45.6 Å². The van der Waals surface area contributed by atoms with Crippen molar-refractivity contribution in [3.8, 4) is 0 Å². The van der Waals surface area contributed by atoms with Crippen molar-refractivity contribution in [1.29, 1.82) is 0 Å². The van der Waals surface area contributed by atoms with E-state index in [2.05, 4.69) is 5.32 Å². The van der Waals surface area contributed by atoms with E-state index < -0.39 is 49.2 Å². The van der Waals surface area contributed by atoms with Crippen LogP contribution < -0.4 is 5.32 Å². The minimum Gasteiger partial charge on any atom is -0.350 e. The summed E-state index contributed by atoms with van der Waals surface area (Å²) in [6.07, 6.45) is -3.07. The number of amides is 1. The second-order valence-corrected chi connectivity index (χ2v) is 9.78. The number of piperidine rings is 1. The molecule has 1 aromatic carbocycles. The summed E-state index contributed by atoms with van der Waals surface area (Å²) in [5.41, 5.74) is -1.58. The van der Waals surface area contributed by atoms with Crippen LogP contribution in [-0.4, -0.2) is 36.8 Å². The zero-order valence-corrected chi connectivity index (χ0v) is 16.8. The number of sulfonamides is 1. The van der Waals surface area contributed by atoms with Gasteiger partial charge in [0.05, 0.1) is 10.6 Å². The van der Waals surface area contributed by atoms with E-state index in [1.165, 1.54) is 0 Å². The predicted octanol–water partition coefficient (Wildman–Crippen LogP) is 3.82. The Morgan fingerprint density at radius 1 is 1.22 bits per heavy atom. The maximum atomic E-state index is 13.0. The molecule has 152 valence electrons. The first kappa shape index (κ1) is 22.0. The predicted molar refractivity (Wildman–Crippen MR) is 95.9 cm³/mol. The summed E-state index contributed by atoms with van der Waals surface area (Å²) in [7, 11) is -4.23. The molecule has 0 aromatic heterocycles. The molecule has 0 bridgehead atoms. The van der Waals surface area contributed by atoms with E-state index in [1.54, 1.807) is 20.8 Å². The third kappa shape index (κ3) is 5.14. The van der Waals surface area contributed by atoms with Gasteiger partial charge in [0.2, 0.25) is 15.9 Å². The Labute approximate surface area is 161 Å². The van der Waals surface area contributed by atoms with E-state index in [0.29, 0.717) is 31.4 Å². The van der Waals surface area contributed by atoms with Gasteiger partial charge in [-0.3, -0.25) is 4.79 Å². The monoisotopic (exact) mass is 426 g/mol. The molecule has 0 radical (unpaired) electrons. The molecule has 10 heteroatoms. The molecule has 1 aliphatic rings. The van der Waals surface area contributed by atoms with Crippen LogP contribution in [-0.2, 0) is 21.0 Å². The van der Waals surface area contributed by atoms with Crippen molar-refractivity contribution >= 4 is 27.5 Å². The van der Waals surface area contributed by atoms with Crippen LogP contribution in [0, 0.1) is 0 Å². The molecule has 0 spiro atoms. The van der Waals surface area contributed by atoms with Crippen LogP contribution in [0.4, 0.5) is 13.2 Å². The summed E-state index contributed by atoms with van der Waals surface area (Å²) < 4.78 is 65.5. The Balaban J connectivity index is 2.39. The number of benzene rings is 1. The number of hydrogen-bond donors (Lipinski definition) is 1. The molecular weight excluding hydrogens is 405 g/mol. The first-order valence-electron chi connectivity index (χ1n) is 8.44. The van der Waals surface area contributed by atoms with Crippen LogP contribution in [0.3, 0.4) is 0 Å². The van der Waals surface area contributed by atoms with E-state index in [9.17, 15) is 26.4 Å². The number of halogens is 4. The number of carbonyl (C=O) groups excluding carboxylic acids is 1. The van der Waals surface area contributed by atoms with E-state index in [0.717, 1.165) is 10.4 Å². The maximum Gasteiger partial charge on any atom is 0.416 e. The Bertz CT molecular complexity index is 820. The van der Waals surface area contributed by atoms with E-state index in [-0.39, 0.29) is 6.54 Å². The standard InChI is InChI=1S/C17H22ClF3N2O3S/c1-16(2,3)22-15(24)13-6-4-5-9-23(13)27(25,26)14-8-7-11(10-12(14)18)17(19,20)21/h7-8,10,13H,4-6,9H2,1-3H3,(H,22,24)/t13-/m0/s1. The topological polar surface area (TPSA) is 66.5 Å². The van der Waals surface area contributed by atoms with Crippen LogP contribution in [0.2, 0.25) is 5.02 Å². The van der Waals surface area contributed by atoms with Crippen molar-refractivity contribution < 1.29 is 26.4 Å². The highest BCUT2D eigenvalue weighted by molar-refractivity contribution is 7.89. The lowest BCUT2D eigenvalue weighted by molar-refractivity contribution is -0.137. The molecule has 1 N–H and O–H groups in total. The molecule has 27 heavy (non-hydrogen) atoms. The largest absolute Gasteiger partial charge is 0.416 e. The summed E-state index contributed by atoms with van der Waals surface area (Å²) >= 11 is 5.87. The summed E-state index contributed by atoms with van der Waals surface area (Å²) in [5.74, 6) is -0.436. The van der Waals surface area contributed by atoms with Crippen molar-refractivity contribution in [2.75, 3.05) is 6.54 Å². The van der Waals surface area contributed by atoms with Crippen LogP contribution in [0.25, 0.3) is 0 Å². The van der Waals surface area contributed by atoms with Gasteiger partial charge in [0.1, 0.15) is 10.9 Å². The third-order valence-corrected chi connectivity index (χ3v) is 6.49. The van der Waals surface area contributed by atoms with Gasteiger partial charge in [-0.15, -0.1) is 0 Å². The minimum absolute atomic E-state index is 0.0991. The fraction of sp³-hybridized carbons (Fsp3) is 0.588. The average molecular weight is 427 g/mol. The van der Waals surface area contributed by atoms with Gasteiger partial charge < -0.3 is 5.32 Å². The number of alkyl halides is 3. The highest BCUT2D eigenvalue weighted by atomic mass is 35.5. The Morgan fingerprint density at radius 3 is 2.37 bits per heavy atom. The Morgan fingerprint density at radius 2 is 1.85 bits per heavy atom. The highest BCUT2D eigenvalue weighted by Gasteiger charge is 2.40. The zero-order valence-electron chi connectivity index (χ0n) is 15.2. The van der Waals surface area contributed by atoms with Crippen molar-refractivity contribution in [2.24, 2.45) is 0 Å². The molecule has 0 saturated carbocycles. The third-order valence-electron chi connectivity index (χ3n) is 4.10. The van der Waals surface area contributed by atoms with Crippen molar-refractivity contribution in [1.82, 2.24) is 9.62 Å². The Kier molecular flexibility index (Phi) is 6.18. The lowest BCUT2D eigenvalue weighted by Crippen LogP contribution is -2.55. The first-order valence-corrected chi connectivity index (χ1v) is 10.3. The molecule has 1 atom stereocenters. The fourth-order valence-electron chi connectivity index (χ4n) is 2.92. The van der Waals surface area contributed by atoms with Gasteiger partial charge in [-0.05, 0) is 51.8 Å². The lowest BCUT2D eigenvalue weighted by atomic mass is 10.0. The van der Waals surface area contributed by atoms with Crippen LogP contribution >= 0.6 is 11.6 Å². The summed E-state index contributed by atoms with van der Waals surface area (Å²) in [5, 5.41) is 2.24. The van der Waals surface area contributed by atoms with E-state index >= 15 is 0 Å². The summed E-state index contributed by atoms with van der Waals surface area (Å²) in [6.45, 7) is 5.43. The van der Waals surface area contributed by atoms with Gasteiger partial charge in [0, 0.05) is 12.1 Å². The molecular formula is C17H22ClF3N2O3S. The summed E-state index contributed by atoms with van der Waals surface area (Å²) in [4.78, 5) is 12.1. The van der Waals surface area contributed by atoms with Crippen molar-refractivity contribution in [3.63, 3.8) is 0 Å². The lowest BCUT2D eigenvalue weighted by Gasteiger charge is -2.35. The molecule has 0 aliphatic carbocycles. The SMILES string of the molecule is CC(C)(C)NC(=O)[C@@H]1CCCCN1S(=O)(=O)c1ccc(C(F)(F)F)cc1Cl. The van der Waals surface area contributed by atoms with Gasteiger partial charge in [-0.2, -0.15) is 17.5 Å². The fourth-order valence-corrected chi connectivity index (χ4v) is 5.10. The van der Waals surface area contributed by atoms with E-state index in [1.807, 2.05) is 0 Å². The number of nitrogens with one attached hydrogen (secondary N) is 1. The molecule has 0 unspecified atom stereocenters. The Hall–Kier alpha value is -1.32.